The van der Waals surface area contributed by atoms with Crippen molar-refractivity contribution in [2.75, 3.05) is 13.1 Å². The molecule has 2 aliphatic rings. The highest BCUT2D eigenvalue weighted by Crippen LogP contribution is 2.24. The highest BCUT2D eigenvalue weighted by atomic mass is 16.4. The van der Waals surface area contributed by atoms with Crippen molar-refractivity contribution >= 4 is 23.7 Å². The number of carbonyl (C=O) groups is 4. The Kier molecular flexibility index (Phi) is 5.35. The molecule has 7 nitrogen and oxygen atoms in total. The number of benzene rings is 1. The van der Waals surface area contributed by atoms with Crippen LogP contribution in [-0.2, 0) is 9.59 Å². The zero-order valence-electron chi connectivity index (χ0n) is 14.5. The van der Waals surface area contributed by atoms with Gasteiger partial charge in [0, 0.05) is 32.0 Å². The normalized spacial score (nSPS) is 19.6. The van der Waals surface area contributed by atoms with Gasteiger partial charge in [-0.2, -0.15) is 0 Å². The molecule has 0 aromatic heterocycles. The minimum absolute atomic E-state index is 0.0346. The predicted molar refractivity (Wildman–Crippen MR) is 92.6 cm³/mol. The van der Waals surface area contributed by atoms with Crippen LogP contribution >= 0.6 is 0 Å². The number of fused-ring (bicyclic) bond motifs is 1. The summed E-state index contributed by atoms with van der Waals surface area (Å²) in [5, 5.41) is 8.87. The molecule has 3 rings (SSSR count). The molecule has 0 radical (unpaired) electrons. The maximum absolute atomic E-state index is 12.6. The quantitative estimate of drug-likeness (QED) is 0.784. The summed E-state index contributed by atoms with van der Waals surface area (Å²) in [4.78, 5) is 51.0. The summed E-state index contributed by atoms with van der Waals surface area (Å²) in [6.45, 7) is 0.651. The number of hydrogen-bond acceptors (Lipinski definition) is 4. The molecule has 1 saturated heterocycles. The molecule has 0 spiro atoms. The molecule has 1 aromatic rings. The molecule has 2 heterocycles. The van der Waals surface area contributed by atoms with Gasteiger partial charge >= 0.3 is 5.97 Å². The molecule has 1 atom stereocenters. The molecule has 0 aliphatic carbocycles. The Labute approximate surface area is 151 Å². The number of carboxylic acid groups (broad SMARTS) is 1. The summed E-state index contributed by atoms with van der Waals surface area (Å²) in [6, 6.07) is 6.57. The average molecular weight is 358 g/mol. The van der Waals surface area contributed by atoms with Gasteiger partial charge in [0.2, 0.25) is 5.91 Å². The number of likely N-dealkylation sites (tertiary alicyclic amines) is 1. The van der Waals surface area contributed by atoms with Crippen LogP contribution in [0.2, 0.25) is 0 Å². The highest BCUT2D eigenvalue weighted by molar-refractivity contribution is 6.21. The molecule has 1 fully saturated rings. The molecule has 138 valence electrons. The summed E-state index contributed by atoms with van der Waals surface area (Å²) < 4.78 is 0. The van der Waals surface area contributed by atoms with Gasteiger partial charge in [0.05, 0.1) is 11.1 Å². The molecule has 1 N–H and O–H groups in total. The Morgan fingerprint density at radius 1 is 1.04 bits per heavy atom. The Morgan fingerprint density at radius 2 is 1.69 bits per heavy atom. The fraction of sp³-hybridized carbons (Fsp3) is 0.474. The number of hydrogen-bond donors (Lipinski definition) is 1. The smallest absolute Gasteiger partial charge is 0.303 e. The first-order chi connectivity index (χ1) is 12.5. The van der Waals surface area contributed by atoms with Crippen LogP contribution in [0, 0.1) is 0 Å². The third-order valence-corrected chi connectivity index (χ3v) is 5.07. The van der Waals surface area contributed by atoms with Crippen LogP contribution < -0.4 is 0 Å². The fourth-order valence-corrected chi connectivity index (χ4v) is 3.71. The van der Waals surface area contributed by atoms with Crippen LogP contribution in [0.15, 0.2) is 24.3 Å². The number of carboxylic acids is 1. The Bertz CT molecular complexity index is 710. The van der Waals surface area contributed by atoms with Crippen molar-refractivity contribution in [3.05, 3.63) is 35.4 Å². The van der Waals surface area contributed by atoms with E-state index in [9.17, 15) is 19.2 Å². The molecule has 1 aromatic carbocycles. The van der Waals surface area contributed by atoms with E-state index in [0.717, 1.165) is 24.2 Å². The number of aliphatic carboxylic acids is 1. The van der Waals surface area contributed by atoms with Crippen molar-refractivity contribution in [3.8, 4) is 0 Å². The SMILES string of the molecule is O=C(O)CCC1CCCCN1C(=O)CCN1C(=O)c2ccccc2C1=O. The molecule has 1 unspecified atom stereocenters. The second-order valence-corrected chi connectivity index (χ2v) is 6.73. The van der Waals surface area contributed by atoms with E-state index in [0.29, 0.717) is 24.1 Å². The van der Waals surface area contributed by atoms with E-state index >= 15 is 0 Å². The van der Waals surface area contributed by atoms with Crippen LogP contribution in [0.1, 0.15) is 59.2 Å². The van der Waals surface area contributed by atoms with E-state index in [1.54, 1.807) is 29.2 Å². The highest BCUT2D eigenvalue weighted by Gasteiger charge is 2.36. The van der Waals surface area contributed by atoms with Gasteiger partial charge in [0.1, 0.15) is 0 Å². The summed E-state index contributed by atoms with van der Waals surface area (Å²) in [6.07, 6.45) is 3.21. The van der Waals surface area contributed by atoms with Crippen molar-refractivity contribution in [2.45, 2.75) is 44.6 Å². The second kappa shape index (κ2) is 7.68. The van der Waals surface area contributed by atoms with Gasteiger partial charge in [0.15, 0.2) is 0 Å². The maximum Gasteiger partial charge on any atom is 0.303 e. The monoisotopic (exact) mass is 358 g/mol. The van der Waals surface area contributed by atoms with E-state index in [2.05, 4.69) is 0 Å². The molecule has 3 amide bonds. The molecule has 0 bridgehead atoms. The third kappa shape index (κ3) is 3.61. The van der Waals surface area contributed by atoms with E-state index < -0.39 is 5.97 Å². The topological polar surface area (TPSA) is 95.0 Å². The molecule has 26 heavy (non-hydrogen) atoms. The fourth-order valence-electron chi connectivity index (χ4n) is 3.71. The number of amides is 3. The van der Waals surface area contributed by atoms with Crippen LogP contribution in [0.25, 0.3) is 0 Å². The average Bonchev–Trinajstić information content (AvgIpc) is 2.89. The lowest BCUT2D eigenvalue weighted by atomic mass is 9.97. The van der Waals surface area contributed by atoms with Crippen molar-refractivity contribution in [3.63, 3.8) is 0 Å². The minimum Gasteiger partial charge on any atom is -0.481 e. The Hall–Kier alpha value is -2.70. The van der Waals surface area contributed by atoms with Gasteiger partial charge < -0.3 is 10.0 Å². The Morgan fingerprint density at radius 3 is 2.31 bits per heavy atom. The minimum atomic E-state index is -0.867. The van der Waals surface area contributed by atoms with Crippen molar-refractivity contribution in [2.24, 2.45) is 0 Å². The lowest BCUT2D eigenvalue weighted by molar-refractivity contribution is -0.140. The van der Waals surface area contributed by atoms with E-state index in [4.69, 9.17) is 5.11 Å². The number of imide groups is 1. The maximum atomic E-state index is 12.6. The number of rotatable bonds is 6. The van der Waals surface area contributed by atoms with Crippen LogP contribution in [0.5, 0.6) is 0 Å². The van der Waals surface area contributed by atoms with Crippen molar-refractivity contribution in [1.29, 1.82) is 0 Å². The first-order valence-electron chi connectivity index (χ1n) is 8.95. The number of nitrogens with zero attached hydrogens (tertiary/aromatic N) is 2. The van der Waals surface area contributed by atoms with Gasteiger partial charge in [-0.25, -0.2) is 0 Å². The van der Waals surface area contributed by atoms with Crippen LogP contribution in [0.3, 0.4) is 0 Å². The number of piperidine rings is 1. The lowest BCUT2D eigenvalue weighted by Crippen LogP contribution is -2.45. The van der Waals surface area contributed by atoms with E-state index in [1.165, 1.54) is 0 Å². The first kappa shape index (κ1) is 18.1. The molecule has 0 saturated carbocycles. The van der Waals surface area contributed by atoms with Crippen LogP contribution in [0.4, 0.5) is 0 Å². The van der Waals surface area contributed by atoms with Crippen molar-refractivity contribution < 1.29 is 24.3 Å². The zero-order chi connectivity index (χ0) is 18.7. The van der Waals surface area contributed by atoms with Gasteiger partial charge in [-0.05, 0) is 37.8 Å². The van der Waals surface area contributed by atoms with E-state index in [1.807, 2.05) is 0 Å². The van der Waals surface area contributed by atoms with Gasteiger partial charge in [0.25, 0.3) is 11.8 Å². The molecule has 2 aliphatic heterocycles. The number of carbonyl (C=O) groups excluding carboxylic acids is 3. The summed E-state index contributed by atoms with van der Waals surface area (Å²) in [7, 11) is 0. The van der Waals surface area contributed by atoms with Gasteiger partial charge in [-0.1, -0.05) is 12.1 Å². The predicted octanol–water partition coefficient (Wildman–Crippen LogP) is 1.92. The first-order valence-corrected chi connectivity index (χ1v) is 8.95. The summed E-state index contributed by atoms with van der Waals surface area (Å²) >= 11 is 0. The van der Waals surface area contributed by atoms with Crippen LogP contribution in [-0.4, -0.2) is 57.7 Å². The Balaban J connectivity index is 1.60. The lowest BCUT2D eigenvalue weighted by Gasteiger charge is -2.36. The zero-order valence-corrected chi connectivity index (χ0v) is 14.5. The van der Waals surface area contributed by atoms with E-state index in [-0.39, 0.29) is 43.1 Å². The molecular formula is C19H22N2O5. The third-order valence-electron chi connectivity index (χ3n) is 5.07. The van der Waals surface area contributed by atoms with Gasteiger partial charge in [-0.3, -0.25) is 24.1 Å². The standard InChI is InChI=1S/C19H22N2O5/c22-16(20-11-4-3-5-13(20)8-9-17(23)24)10-12-21-18(25)14-6-1-2-7-15(14)19(21)26/h1-2,6-7,13H,3-5,8-12H2,(H,23,24). The largest absolute Gasteiger partial charge is 0.481 e. The van der Waals surface area contributed by atoms with Gasteiger partial charge in [-0.15, -0.1) is 0 Å². The molecular weight excluding hydrogens is 336 g/mol. The summed E-state index contributed by atoms with van der Waals surface area (Å²) in [5.41, 5.74) is 0.754. The summed E-state index contributed by atoms with van der Waals surface area (Å²) in [5.74, 6) is -1.72. The second-order valence-electron chi connectivity index (χ2n) is 6.73. The van der Waals surface area contributed by atoms with Crippen molar-refractivity contribution in [1.82, 2.24) is 9.80 Å². The molecule has 7 heteroatoms.